The largest absolute Gasteiger partial charge is 0.380 e. The lowest BCUT2D eigenvalue weighted by atomic mass is 9.64. The first-order chi connectivity index (χ1) is 12.8. The van der Waals surface area contributed by atoms with E-state index in [1.165, 1.54) is 36.0 Å². The molecule has 0 amide bonds. The number of nitrogens with one attached hydrogen (secondary N) is 2. The van der Waals surface area contributed by atoms with Gasteiger partial charge in [0.15, 0.2) is 5.96 Å². The Bertz CT molecular complexity index is 729. The van der Waals surface area contributed by atoms with Crippen LogP contribution in [0.15, 0.2) is 59.6 Å². The summed E-state index contributed by atoms with van der Waals surface area (Å²) >= 11 is 0. The summed E-state index contributed by atoms with van der Waals surface area (Å²) in [5.74, 6) is 0.851. The van der Waals surface area contributed by atoms with E-state index >= 15 is 0 Å². The van der Waals surface area contributed by atoms with Gasteiger partial charge in [0.25, 0.3) is 0 Å². The third-order valence-corrected chi connectivity index (χ3v) is 5.28. The molecule has 0 bridgehead atoms. The van der Waals surface area contributed by atoms with E-state index in [2.05, 4.69) is 70.2 Å². The zero-order valence-electron chi connectivity index (χ0n) is 16.2. The highest BCUT2D eigenvalue weighted by Gasteiger charge is 2.38. The molecule has 3 rings (SSSR count). The van der Waals surface area contributed by atoms with E-state index in [1.54, 1.807) is 7.11 Å². The van der Waals surface area contributed by atoms with Crippen LogP contribution in [-0.2, 0) is 23.3 Å². The normalized spacial score (nSPS) is 15.4. The summed E-state index contributed by atoms with van der Waals surface area (Å²) in [4.78, 5) is 4.39. The maximum atomic E-state index is 5.21. The molecule has 0 unspecified atom stereocenters. The summed E-state index contributed by atoms with van der Waals surface area (Å²) in [6.07, 6.45) is 3.77. The smallest absolute Gasteiger partial charge is 0.191 e. The number of hydrogen-bond acceptors (Lipinski definition) is 2. The zero-order chi connectivity index (χ0) is 18.2. The number of benzene rings is 2. The molecule has 0 saturated heterocycles. The molecule has 1 aliphatic rings. The number of nitrogens with zero attached hydrogens (tertiary/aromatic N) is 1. The van der Waals surface area contributed by atoms with E-state index < -0.39 is 0 Å². The molecule has 146 valence electrons. The van der Waals surface area contributed by atoms with Crippen molar-refractivity contribution in [1.82, 2.24) is 10.6 Å². The van der Waals surface area contributed by atoms with Gasteiger partial charge in [0, 0.05) is 32.7 Å². The van der Waals surface area contributed by atoms with Crippen molar-refractivity contribution in [2.75, 3.05) is 20.7 Å². The minimum Gasteiger partial charge on any atom is -0.380 e. The number of halogens is 1. The van der Waals surface area contributed by atoms with Gasteiger partial charge >= 0.3 is 0 Å². The lowest BCUT2D eigenvalue weighted by molar-refractivity contribution is 0.185. The molecule has 0 spiro atoms. The third kappa shape index (κ3) is 5.69. The number of methoxy groups -OCH3 is 1. The van der Waals surface area contributed by atoms with Crippen LogP contribution in [0, 0.1) is 0 Å². The van der Waals surface area contributed by atoms with Crippen LogP contribution < -0.4 is 10.6 Å². The highest BCUT2D eigenvalue weighted by atomic mass is 127. The van der Waals surface area contributed by atoms with E-state index in [1.807, 2.05) is 7.05 Å². The highest BCUT2D eigenvalue weighted by molar-refractivity contribution is 14.0. The minimum absolute atomic E-state index is 0. The molecule has 1 saturated carbocycles. The van der Waals surface area contributed by atoms with E-state index in [9.17, 15) is 0 Å². The van der Waals surface area contributed by atoms with Crippen LogP contribution in [0.2, 0.25) is 0 Å². The maximum Gasteiger partial charge on any atom is 0.191 e. The lowest BCUT2D eigenvalue weighted by Gasteiger charge is -2.43. The molecule has 0 aliphatic heterocycles. The van der Waals surface area contributed by atoms with Crippen molar-refractivity contribution in [1.29, 1.82) is 0 Å². The Morgan fingerprint density at radius 3 is 2.41 bits per heavy atom. The second-order valence-electron chi connectivity index (χ2n) is 7.03. The SMILES string of the molecule is CN=C(NCc1cccc(COC)c1)NCC1(c2ccccc2)CCC1.I. The van der Waals surface area contributed by atoms with Crippen LogP contribution in [0.5, 0.6) is 0 Å². The molecule has 5 heteroatoms. The van der Waals surface area contributed by atoms with Gasteiger partial charge < -0.3 is 15.4 Å². The molecule has 0 aromatic heterocycles. The standard InChI is InChI=1S/C22H29N3O.HI/c1-23-21(24-15-18-8-6-9-19(14-18)16-26-2)25-17-22(12-7-13-22)20-10-4-3-5-11-20;/h3-6,8-11,14H,7,12-13,15-17H2,1-2H3,(H2,23,24,25);1H. The summed E-state index contributed by atoms with van der Waals surface area (Å²) < 4.78 is 5.21. The van der Waals surface area contributed by atoms with Gasteiger partial charge in [-0.05, 0) is 29.5 Å². The van der Waals surface area contributed by atoms with E-state index in [4.69, 9.17) is 4.74 Å². The Morgan fingerprint density at radius 2 is 1.78 bits per heavy atom. The molecule has 27 heavy (non-hydrogen) atoms. The second kappa shape index (κ2) is 10.7. The Morgan fingerprint density at radius 1 is 1.04 bits per heavy atom. The molecule has 2 aromatic rings. The maximum absolute atomic E-state index is 5.21. The number of ether oxygens (including phenoxy) is 1. The zero-order valence-corrected chi connectivity index (χ0v) is 18.5. The molecule has 2 N–H and O–H groups in total. The molecule has 4 nitrogen and oxygen atoms in total. The van der Waals surface area contributed by atoms with Crippen molar-refractivity contribution in [3.05, 3.63) is 71.3 Å². The van der Waals surface area contributed by atoms with Gasteiger partial charge in [-0.3, -0.25) is 4.99 Å². The monoisotopic (exact) mass is 479 g/mol. The third-order valence-electron chi connectivity index (χ3n) is 5.28. The number of hydrogen-bond donors (Lipinski definition) is 2. The Balaban J connectivity index is 0.00000261. The lowest BCUT2D eigenvalue weighted by Crippen LogP contribution is -2.48. The molecule has 0 radical (unpaired) electrons. The predicted molar refractivity (Wildman–Crippen MR) is 123 cm³/mol. The Kier molecular flexibility index (Phi) is 8.57. The first-order valence-electron chi connectivity index (χ1n) is 9.32. The van der Waals surface area contributed by atoms with Crippen molar-refractivity contribution >= 4 is 29.9 Å². The number of guanidine groups is 1. The first kappa shape index (κ1) is 21.7. The van der Waals surface area contributed by atoms with Gasteiger partial charge in [-0.25, -0.2) is 0 Å². The summed E-state index contributed by atoms with van der Waals surface area (Å²) in [6, 6.07) is 19.3. The van der Waals surface area contributed by atoms with E-state index in [0.717, 1.165) is 19.0 Å². The number of aliphatic imine (C=N–C) groups is 1. The van der Waals surface area contributed by atoms with Crippen molar-refractivity contribution in [3.8, 4) is 0 Å². The van der Waals surface area contributed by atoms with Crippen LogP contribution >= 0.6 is 24.0 Å². The Hall–Kier alpha value is -1.60. The van der Waals surface area contributed by atoms with Crippen LogP contribution in [0.25, 0.3) is 0 Å². The molecule has 0 atom stereocenters. The van der Waals surface area contributed by atoms with Gasteiger partial charge in [-0.15, -0.1) is 24.0 Å². The summed E-state index contributed by atoms with van der Waals surface area (Å²) in [6.45, 7) is 2.30. The fourth-order valence-electron chi connectivity index (χ4n) is 3.62. The molecule has 1 aliphatic carbocycles. The topological polar surface area (TPSA) is 45.7 Å². The second-order valence-corrected chi connectivity index (χ2v) is 7.03. The Labute approximate surface area is 179 Å². The summed E-state index contributed by atoms with van der Waals surface area (Å²) in [5.41, 5.74) is 4.09. The highest BCUT2D eigenvalue weighted by Crippen LogP contribution is 2.43. The van der Waals surface area contributed by atoms with Crippen LogP contribution in [0.3, 0.4) is 0 Å². The van der Waals surface area contributed by atoms with Crippen molar-refractivity contribution < 1.29 is 4.74 Å². The summed E-state index contributed by atoms with van der Waals surface area (Å²) in [7, 11) is 3.55. The van der Waals surface area contributed by atoms with Gasteiger partial charge in [-0.1, -0.05) is 61.0 Å². The van der Waals surface area contributed by atoms with Gasteiger partial charge in [0.05, 0.1) is 6.61 Å². The van der Waals surface area contributed by atoms with Gasteiger partial charge in [0.1, 0.15) is 0 Å². The molecule has 1 fully saturated rings. The predicted octanol–water partition coefficient (Wildman–Crippen LogP) is 4.24. The van der Waals surface area contributed by atoms with Crippen molar-refractivity contribution in [2.45, 2.75) is 37.8 Å². The molecule has 0 heterocycles. The molecular formula is C22H30IN3O. The molecule has 2 aromatic carbocycles. The average molecular weight is 479 g/mol. The molecular weight excluding hydrogens is 449 g/mol. The summed E-state index contributed by atoms with van der Waals surface area (Å²) in [5, 5.41) is 6.96. The number of rotatable bonds is 7. The van der Waals surface area contributed by atoms with E-state index in [0.29, 0.717) is 6.61 Å². The van der Waals surface area contributed by atoms with Crippen molar-refractivity contribution in [3.63, 3.8) is 0 Å². The van der Waals surface area contributed by atoms with Crippen LogP contribution in [0.1, 0.15) is 36.0 Å². The first-order valence-corrected chi connectivity index (χ1v) is 9.32. The van der Waals surface area contributed by atoms with Crippen LogP contribution in [-0.4, -0.2) is 26.7 Å². The average Bonchev–Trinajstić information content (AvgIpc) is 2.65. The minimum atomic E-state index is 0. The van der Waals surface area contributed by atoms with E-state index in [-0.39, 0.29) is 29.4 Å². The van der Waals surface area contributed by atoms with Crippen LogP contribution in [0.4, 0.5) is 0 Å². The quantitative estimate of drug-likeness (QED) is 0.355. The van der Waals surface area contributed by atoms with Crippen molar-refractivity contribution in [2.24, 2.45) is 4.99 Å². The van der Waals surface area contributed by atoms with Gasteiger partial charge in [-0.2, -0.15) is 0 Å². The van der Waals surface area contributed by atoms with Gasteiger partial charge in [0.2, 0.25) is 0 Å². The fourth-order valence-corrected chi connectivity index (χ4v) is 3.62. The fraction of sp³-hybridized carbons (Fsp3) is 0.409.